The number of hydrogen-bond acceptors (Lipinski definition) is 1. The van der Waals surface area contributed by atoms with E-state index in [-0.39, 0.29) is 0 Å². The molecule has 0 saturated heterocycles. The zero-order valence-corrected chi connectivity index (χ0v) is 23.2. The number of aromatic nitrogens is 2. The molecule has 3 aromatic heterocycles. The van der Waals surface area contributed by atoms with Crippen molar-refractivity contribution in [3.05, 3.63) is 146 Å². The summed E-state index contributed by atoms with van der Waals surface area (Å²) in [5.41, 5.74) is 8.99. The molecular formula is C40H24N2O. The van der Waals surface area contributed by atoms with E-state index in [2.05, 4.69) is 143 Å². The van der Waals surface area contributed by atoms with Crippen LogP contribution in [0.15, 0.2) is 150 Å². The van der Waals surface area contributed by atoms with Crippen molar-refractivity contribution in [3.63, 3.8) is 0 Å². The lowest BCUT2D eigenvalue weighted by molar-refractivity contribution is 0.669. The number of rotatable bonds is 2. The maximum absolute atomic E-state index is 6.21. The van der Waals surface area contributed by atoms with Gasteiger partial charge in [0.05, 0.1) is 22.1 Å². The van der Waals surface area contributed by atoms with Crippen LogP contribution in [0.4, 0.5) is 0 Å². The molecule has 0 radical (unpaired) electrons. The number of furan rings is 1. The molecule has 10 rings (SSSR count). The molecule has 3 heteroatoms. The van der Waals surface area contributed by atoms with E-state index in [0.29, 0.717) is 0 Å². The molecule has 0 bridgehead atoms. The quantitative estimate of drug-likeness (QED) is 0.211. The van der Waals surface area contributed by atoms with Gasteiger partial charge >= 0.3 is 0 Å². The van der Waals surface area contributed by atoms with Crippen molar-refractivity contribution in [3.8, 4) is 11.4 Å². The van der Waals surface area contributed by atoms with Crippen LogP contribution in [-0.4, -0.2) is 9.13 Å². The van der Waals surface area contributed by atoms with Crippen LogP contribution in [0.25, 0.3) is 87.7 Å². The Morgan fingerprint density at radius 1 is 0.349 bits per heavy atom. The molecule has 0 aliphatic carbocycles. The predicted molar refractivity (Wildman–Crippen MR) is 180 cm³/mol. The first-order chi connectivity index (χ1) is 21.4. The molecule has 0 saturated carbocycles. The molecule has 3 heterocycles. The number of nitrogens with zero attached hydrogens (tertiary/aromatic N) is 2. The van der Waals surface area contributed by atoms with Gasteiger partial charge in [0.2, 0.25) is 0 Å². The van der Waals surface area contributed by atoms with Gasteiger partial charge in [0.25, 0.3) is 0 Å². The summed E-state index contributed by atoms with van der Waals surface area (Å²) in [6.07, 6.45) is 0. The Balaban J connectivity index is 1.47. The molecule has 3 nitrogen and oxygen atoms in total. The highest BCUT2D eigenvalue weighted by Crippen LogP contribution is 2.47. The van der Waals surface area contributed by atoms with E-state index in [1.807, 2.05) is 12.1 Å². The Morgan fingerprint density at radius 3 is 1.49 bits per heavy atom. The van der Waals surface area contributed by atoms with Crippen LogP contribution in [0.1, 0.15) is 0 Å². The van der Waals surface area contributed by atoms with Crippen molar-refractivity contribution in [2.24, 2.45) is 0 Å². The van der Waals surface area contributed by atoms with Gasteiger partial charge in [-0.15, -0.1) is 0 Å². The molecule has 10 aromatic rings. The average molecular weight is 549 g/mol. The third kappa shape index (κ3) is 2.98. The van der Waals surface area contributed by atoms with Crippen LogP contribution >= 0.6 is 0 Å². The van der Waals surface area contributed by atoms with Gasteiger partial charge in [0.15, 0.2) is 0 Å². The van der Waals surface area contributed by atoms with Crippen LogP contribution in [0.3, 0.4) is 0 Å². The van der Waals surface area contributed by atoms with Crippen molar-refractivity contribution in [2.75, 3.05) is 0 Å². The summed E-state index contributed by atoms with van der Waals surface area (Å²) in [5.74, 6) is 0. The van der Waals surface area contributed by atoms with Gasteiger partial charge in [-0.25, -0.2) is 0 Å². The summed E-state index contributed by atoms with van der Waals surface area (Å²) in [7, 11) is 0. The minimum atomic E-state index is 0.906. The van der Waals surface area contributed by atoms with Crippen LogP contribution in [0.2, 0.25) is 0 Å². The van der Waals surface area contributed by atoms with E-state index in [0.717, 1.165) is 27.6 Å². The maximum atomic E-state index is 6.21. The monoisotopic (exact) mass is 548 g/mol. The molecule has 0 fully saturated rings. The summed E-state index contributed by atoms with van der Waals surface area (Å²) >= 11 is 0. The van der Waals surface area contributed by atoms with E-state index in [1.54, 1.807) is 0 Å². The molecule has 7 aromatic carbocycles. The minimum Gasteiger partial charge on any atom is -0.456 e. The average Bonchev–Trinajstić information content (AvgIpc) is 3.73. The van der Waals surface area contributed by atoms with Crippen molar-refractivity contribution in [1.82, 2.24) is 9.13 Å². The fourth-order valence-corrected chi connectivity index (χ4v) is 7.36. The highest BCUT2D eigenvalue weighted by molar-refractivity contribution is 6.37. The van der Waals surface area contributed by atoms with Gasteiger partial charge in [-0.3, -0.25) is 0 Å². The van der Waals surface area contributed by atoms with Crippen LogP contribution in [0, 0.1) is 0 Å². The van der Waals surface area contributed by atoms with Gasteiger partial charge in [0.1, 0.15) is 11.2 Å². The largest absolute Gasteiger partial charge is 0.456 e. The zero-order chi connectivity index (χ0) is 28.1. The number of benzene rings is 7. The topological polar surface area (TPSA) is 23.0 Å². The highest BCUT2D eigenvalue weighted by atomic mass is 16.3. The Bertz CT molecular complexity index is 2720. The van der Waals surface area contributed by atoms with Gasteiger partial charge in [-0.2, -0.15) is 0 Å². The summed E-state index contributed by atoms with van der Waals surface area (Å²) in [5, 5.41) is 9.83. The van der Waals surface area contributed by atoms with E-state index >= 15 is 0 Å². The van der Waals surface area contributed by atoms with E-state index in [4.69, 9.17) is 4.42 Å². The third-order valence-corrected chi connectivity index (χ3v) is 9.07. The maximum Gasteiger partial charge on any atom is 0.135 e. The molecular weight excluding hydrogens is 524 g/mol. The standard InChI is InChI=1S/C40H24N2O/c1-2-12-25(13-3-1)41-33-19-9-6-17-30(33)37-38-31-18-7-10-20-34(31)42(40(38)29-16-5-4-15-28(29)39(37)41)26-22-23-36-32(24-26)27-14-8-11-21-35(27)43-36/h1-24H. The molecule has 0 spiro atoms. The van der Waals surface area contributed by atoms with Gasteiger partial charge in [0, 0.05) is 54.5 Å². The SMILES string of the molecule is c1ccc(-n2c3ccccc3c3c4c5ccccc5n(-c5ccc6oc7ccccc7c6c5)c4c4ccccc4c32)cc1. The number of fused-ring (bicyclic) bond motifs is 13. The summed E-state index contributed by atoms with van der Waals surface area (Å²) < 4.78 is 11.1. The second kappa shape index (κ2) is 8.37. The van der Waals surface area contributed by atoms with Gasteiger partial charge < -0.3 is 13.6 Å². The summed E-state index contributed by atoms with van der Waals surface area (Å²) in [6.45, 7) is 0. The number of para-hydroxylation sites is 4. The normalized spacial score (nSPS) is 12.2. The Morgan fingerprint density at radius 2 is 0.837 bits per heavy atom. The van der Waals surface area contributed by atoms with Crippen LogP contribution in [-0.2, 0) is 0 Å². The zero-order valence-electron chi connectivity index (χ0n) is 23.2. The third-order valence-electron chi connectivity index (χ3n) is 9.07. The van der Waals surface area contributed by atoms with Crippen molar-refractivity contribution >= 4 is 76.3 Å². The first-order valence-electron chi connectivity index (χ1n) is 14.7. The highest BCUT2D eigenvalue weighted by Gasteiger charge is 2.24. The second-order valence-corrected chi connectivity index (χ2v) is 11.3. The molecule has 0 N–H and O–H groups in total. The Labute approximate surface area is 246 Å². The second-order valence-electron chi connectivity index (χ2n) is 11.3. The number of hydrogen-bond donors (Lipinski definition) is 0. The fourth-order valence-electron chi connectivity index (χ4n) is 7.36. The van der Waals surface area contributed by atoms with Gasteiger partial charge in [-0.05, 0) is 48.5 Å². The van der Waals surface area contributed by atoms with Crippen molar-refractivity contribution in [2.45, 2.75) is 0 Å². The summed E-state index contributed by atoms with van der Waals surface area (Å²) in [4.78, 5) is 0. The molecule has 0 aliphatic heterocycles. The van der Waals surface area contributed by atoms with Crippen molar-refractivity contribution in [1.29, 1.82) is 0 Å². The first kappa shape index (κ1) is 22.8. The minimum absolute atomic E-state index is 0.906. The lowest BCUT2D eigenvalue weighted by Gasteiger charge is -2.13. The lowest BCUT2D eigenvalue weighted by Crippen LogP contribution is -1.96. The molecule has 0 aliphatic rings. The lowest BCUT2D eigenvalue weighted by atomic mass is 9.99. The van der Waals surface area contributed by atoms with Crippen LogP contribution in [0.5, 0.6) is 0 Å². The molecule has 43 heavy (non-hydrogen) atoms. The molecule has 0 atom stereocenters. The molecule has 200 valence electrons. The fraction of sp³-hybridized carbons (Fsp3) is 0. The van der Waals surface area contributed by atoms with Crippen LogP contribution < -0.4 is 0 Å². The smallest absolute Gasteiger partial charge is 0.135 e. The van der Waals surface area contributed by atoms with E-state index in [9.17, 15) is 0 Å². The molecule has 0 amide bonds. The Kier molecular flexibility index (Phi) is 4.45. The van der Waals surface area contributed by atoms with E-state index in [1.165, 1.54) is 60.1 Å². The van der Waals surface area contributed by atoms with Gasteiger partial charge in [-0.1, -0.05) is 97.1 Å². The first-order valence-corrected chi connectivity index (χ1v) is 14.7. The summed E-state index contributed by atoms with van der Waals surface area (Å²) in [6, 6.07) is 52.2. The van der Waals surface area contributed by atoms with E-state index < -0.39 is 0 Å². The predicted octanol–water partition coefficient (Wildman–Crippen LogP) is 10.9. The van der Waals surface area contributed by atoms with Crippen molar-refractivity contribution < 1.29 is 4.42 Å². The Hall–Kier alpha value is -5.80. The molecule has 0 unspecified atom stereocenters.